The second-order valence-corrected chi connectivity index (χ2v) is 8.62. The van der Waals surface area contributed by atoms with Crippen LogP contribution in [0.1, 0.15) is 47.5 Å². The van der Waals surface area contributed by atoms with Crippen LogP contribution < -0.4 is 5.32 Å². The smallest absolute Gasteiger partial charge is 0.263 e. The summed E-state index contributed by atoms with van der Waals surface area (Å²) in [4.78, 5) is 20.4. The van der Waals surface area contributed by atoms with E-state index >= 15 is 0 Å². The maximum atomic E-state index is 14.0. The van der Waals surface area contributed by atoms with E-state index in [-0.39, 0.29) is 11.7 Å². The largest absolute Gasteiger partial charge is 0.351 e. The molecule has 0 aliphatic carbocycles. The van der Waals surface area contributed by atoms with E-state index in [1.807, 2.05) is 6.92 Å². The van der Waals surface area contributed by atoms with Crippen LogP contribution >= 0.6 is 11.3 Å². The number of aryl methyl sites for hydroxylation is 1. The number of aromatic nitrogens is 1. The van der Waals surface area contributed by atoms with Gasteiger partial charge in [-0.25, -0.2) is 9.37 Å². The molecule has 2 atom stereocenters. The summed E-state index contributed by atoms with van der Waals surface area (Å²) in [6, 6.07) is 7.18. The third-order valence-corrected chi connectivity index (χ3v) is 7.05. The Bertz CT molecular complexity index is 820. The Morgan fingerprint density at radius 1 is 1.26 bits per heavy atom. The molecule has 3 heterocycles. The van der Waals surface area contributed by atoms with Crippen LogP contribution in [-0.2, 0) is 0 Å². The maximum Gasteiger partial charge on any atom is 0.263 e. The van der Waals surface area contributed by atoms with Gasteiger partial charge in [-0.05, 0) is 63.7 Å². The first-order chi connectivity index (χ1) is 13.1. The number of nitrogens with one attached hydrogen (secondary N) is 1. The molecule has 2 aromatic rings. The average Bonchev–Trinajstić information content (AvgIpc) is 3.08. The lowest BCUT2D eigenvalue weighted by Gasteiger charge is -2.44. The van der Waals surface area contributed by atoms with Gasteiger partial charge < -0.3 is 10.2 Å². The molecule has 1 aromatic heterocycles. The molecule has 1 N–H and O–H groups in total. The molecule has 4 rings (SSSR count). The van der Waals surface area contributed by atoms with Crippen LogP contribution in [0, 0.1) is 18.7 Å². The molecule has 2 aliphatic heterocycles. The minimum Gasteiger partial charge on any atom is -0.351 e. The Morgan fingerprint density at radius 3 is 2.93 bits per heavy atom. The highest BCUT2D eigenvalue weighted by atomic mass is 32.1. The standard InChI is InChI=1S/C21H26FN3OS/c1-14-19(27-21(24-14)16-8-2-3-9-17(16)22)20(26)23-13-15-7-6-12-25-11-5-4-10-18(15)25/h2-3,8-9,15,18H,4-7,10-13H2,1H3,(H,23,26)/t15-,18-/m0/s1. The van der Waals surface area contributed by atoms with Gasteiger partial charge in [-0.1, -0.05) is 18.6 Å². The van der Waals surface area contributed by atoms with Gasteiger partial charge in [-0.3, -0.25) is 4.79 Å². The summed E-state index contributed by atoms with van der Waals surface area (Å²) in [5.41, 5.74) is 1.12. The first-order valence-electron chi connectivity index (χ1n) is 9.88. The maximum absolute atomic E-state index is 14.0. The second-order valence-electron chi connectivity index (χ2n) is 7.62. The van der Waals surface area contributed by atoms with Crippen LogP contribution in [0.25, 0.3) is 10.6 Å². The number of carbonyl (C=O) groups excluding carboxylic acids is 1. The zero-order chi connectivity index (χ0) is 18.8. The van der Waals surface area contributed by atoms with Crippen LogP contribution in [-0.4, -0.2) is 41.5 Å². The number of hydrogen-bond donors (Lipinski definition) is 1. The van der Waals surface area contributed by atoms with Crippen LogP contribution in [0.5, 0.6) is 0 Å². The molecule has 0 radical (unpaired) electrons. The fraction of sp³-hybridized carbons (Fsp3) is 0.524. The van der Waals surface area contributed by atoms with Crippen LogP contribution in [0.2, 0.25) is 0 Å². The number of benzene rings is 1. The fourth-order valence-electron chi connectivity index (χ4n) is 4.48. The number of piperidine rings is 2. The Balaban J connectivity index is 1.43. The van der Waals surface area contributed by atoms with E-state index < -0.39 is 0 Å². The molecule has 0 bridgehead atoms. The van der Waals surface area contributed by atoms with Gasteiger partial charge >= 0.3 is 0 Å². The second kappa shape index (κ2) is 8.07. The predicted molar refractivity (Wildman–Crippen MR) is 107 cm³/mol. The van der Waals surface area contributed by atoms with Crippen molar-refractivity contribution in [1.82, 2.24) is 15.2 Å². The minimum atomic E-state index is -0.308. The Labute approximate surface area is 163 Å². The van der Waals surface area contributed by atoms with E-state index in [1.165, 1.54) is 62.6 Å². The molecule has 1 amide bonds. The van der Waals surface area contributed by atoms with E-state index in [0.29, 0.717) is 39.6 Å². The summed E-state index contributed by atoms with van der Waals surface area (Å²) in [7, 11) is 0. The Hall–Kier alpha value is -1.79. The third-order valence-electron chi connectivity index (χ3n) is 5.86. The summed E-state index contributed by atoms with van der Waals surface area (Å²) in [5, 5.41) is 3.69. The fourth-order valence-corrected chi connectivity index (χ4v) is 5.49. The molecule has 0 unspecified atom stereocenters. The van der Waals surface area contributed by atoms with Gasteiger partial charge in [0.25, 0.3) is 5.91 Å². The monoisotopic (exact) mass is 387 g/mol. The van der Waals surface area contributed by atoms with Crippen molar-refractivity contribution in [3.63, 3.8) is 0 Å². The van der Waals surface area contributed by atoms with Crippen molar-refractivity contribution in [2.75, 3.05) is 19.6 Å². The molecule has 2 saturated heterocycles. The van der Waals surface area contributed by atoms with E-state index in [1.54, 1.807) is 18.2 Å². The predicted octanol–water partition coefficient (Wildman–Crippen LogP) is 4.25. The van der Waals surface area contributed by atoms with Crippen LogP contribution in [0.15, 0.2) is 24.3 Å². The molecule has 1 aromatic carbocycles. The van der Waals surface area contributed by atoms with E-state index in [0.717, 1.165) is 0 Å². The van der Waals surface area contributed by atoms with Crippen LogP contribution in [0.4, 0.5) is 4.39 Å². The number of rotatable bonds is 4. The van der Waals surface area contributed by atoms with Crippen molar-refractivity contribution >= 4 is 17.2 Å². The van der Waals surface area contributed by atoms with Crippen molar-refractivity contribution in [2.45, 2.75) is 45.1 Å². The molecule has 4 nitrogen and oxygen atoms in total. The molecule has 2 aliphatic rings. The van der Waals surface area contributed by atoms with Gasteiger partial charge in [-0.15, -0.1) is 11.3 Å². The quantitative estimate of drug-likeness (QED) is 0.853. The van der Waals surface area contributed by atoms with Gasteiger partial charge in [0.2, 0.25) is 0 Å². The van der Waals surface area contributed by atoms with E-state index in [9.17, 15) is 9.18 Å². The van der Waals surface area contributed by atoms with Crippen molar-refractivity contribution in [2.24, 2.45) is 5.92 Å². The van der Waals surface area contributed by atoms with Crippen molar-refractivity contribution in [3.05, 3.63) is 40.7 Å². The highest BCUT2D eigenvalue weighted by Crippen LogP contribution is 2.32. The zero-order valence-electron chi connectivity index (χ0n) is 15.7. The highest BCUT2D eigenvalue weighted by molar-refractivity contribution is 7.17. The third kappa shape index (κ3) is 3.92. The zero-order valence-corrected chi connectivity index (χ0v) is 16.5. The first kappa shape index (κ1) is 18.6. The molecule has 6 heteroatoms. The summed E-state index contributed by atoms with van der Waals surface area (Å²) >= 11 is 1.27. The molecule has 0 spiro atoms. The summed E-state index contributed by atoms with van der Waals surface area (Å²) < 4.78 is 14.0. The van der Waals surface area contributed by atoms with Gasteiger partial charge in [0, 0.05) is 18.2 Å². The van der Waals surface area contributed by atoms with Crippen molar-refractivity contribution < 1.29 is 9.18 Å². The van der Waals surface area contributed by atoms with Crippen LogP contribution in [0.3, 0.4) is 0 Å². The first-order valence-corrected chi connectivity index (χ1v) is 10.7. The Morgan fingerprint density at radius 2 is 2.07 bits per heavy atom. The van der Waals surface area contributed by atoms with E-state index in [4.69, 9.17) is 0 Å². The molecule has 2 fully saturated rings. The van der Waals surface area contributed by atoms with Gasteiger partial charge in [-0.2, -0.15) is 0 Å². The van der Waals surface area contributed by atoms with Gasteiger partial charge in [0.1, 0.15) is 15.7 Å². The van der Waals surface area contributed by atoms with Gasteiger partial charge in [0.05, 0.1) is 5.69 Å². The summed E-state index contributed by atoms with van der Waals surface area (Å²) in [6.07, 6.45) is 6.25. The average molecular weight is 388 g/mol. The lowest BCUT2D eigenvalue weighted by atomic mass is 9.83. The lowest BCUT2D eigenvalue weighted by molar-refractivity contribution is 0.0576. The Kier molecular flexibility index (Phi) is 5.55. The molecule has 0 saturated carbocycles. The lowest BCUT2D eigenvalue weighted by Crippen LogP contribution is -2.50. The van der Waals surface area contributed by atoms with Gasteiger partial charge in [0.15, 0.2) is 0 Å². The topological polar surface area (TPSA) is 45.2 Å². The highest BCUT2D eigenvalue weighted by Gasteiger charge is 2.33. The number of halogens is 1. The molecule has 27 heavy (non-hydrogen) atoms. The van der Waals surface area contributed by atoms with E-state index in [2.05, 4.69) is 15.2 Å². The number of carbonyl (C=O) groups is 1. The molecule has 144 valence electrons. The number of nitrogens with zero attached hydrogens (tertiary/aromatic N) is 2. The summed E-state index contributed by atoms with van der Waals surface area (Å²) in [6.45, 7) is 4.94. The molecular weight excluding hydrogens is 361 g/mol. The van der Waals surface area contributed by atoms with Crippen molar-refractivity contribution in [3.8, 4) is 10.6 Å². The molecular formula is C21H26FN3OS. The summed E-state index contributed by atoms with van der Waals surface area (Å²) in [5.74, 6) is 0.139. The minimum absolute atomic E-state index is 0.0828. The SMILES string of the molecule is Cc1nc(-c2ccccc2F)sc1C(=O)NC[C@@H]1CCCN2CCCC[C@@H]12. The number of hydrogen-bond acceptors (Lipinski definition) is 4. The normalized spacial score (nSPS) is 23.0. The van der Waals surface area contributed by atoms with Crippen molar-refractivity contribution in [1.29, 1.82) is 0 Å². The number of amides is 1. The number of thiazole rings is 1. The number of fused-ring (bicyclic) bond motifs is 1.